The number of thiophene rings is 1. The zero-order valence-corrected chi connectivity index (χ0v) is 14.9. The SMILES string of the molecule is Cn1ncc(CN2CCC(NC(=O)c3ccsc3)CC2)c1C1CC1. The van der Waals surface area contributed by atoms with Crippen LogP contribution in [-0.4, -0.2) is 39.7 Å². The lowest BCUT2D eigenvalue weighted by Gasteiger charge is -2.32. The van der Waals surface area contributed by atoms with Gasteiger partial charge in [-0.3, -0.25) is 14.4 Å². The maximum atomic E-state index is 12.1. The van der Waals surface area contributed by atoms with Gasteiger partial charge in [-0.15, -0.1) is 0 Å². The summed E-state index contributed by atoms with van der Waals surface area (Å²) in [4.78, 5) is 14.6. The molecule has 24 heavy (non-hydrogen) atoms. The van der Waals surface area contributed by atoms with Crippen molar-refractivity contribution in [3.63, 3.8) is 0 Å². The molecule has 2 aromatic heterocycles. The molecular formula is C18H24N4OS. The topological polar surface area (TPSA) is 50.2 Å². The third-order valence-corrected chi connectivity index (χ3v) is 5.81. The molecule has 5 nitrogen and oxygen atoms in total. The highest BCUT2D eigenvalue weighted by atomic mass is 32.1. The molecule has 2 fully saturated rings. The summed E-state index contributed by atoms with van der Waals surface area (Å²) >= 11 is 1.57. The summed E-state index contributed by atoms with van der Waals surface area (Å²) in [6.45, 7) is 3.06. The van der Waals surface area contributed by atoms with Crippen LogP contribution in [0.4, 0.5) is 0 Å². The fourth-order valence-corrected chi connectivity index (χ4v) is 4.27. The van der Waals surface area contributed by atoms with Gasteiger partial charge >= 0.3 is 0 Å². The van der Waals surface area contributed by atoms with Crippen LogP contribution in [0.2, 0.25) is 0 Å². The minimum absolute atomic E-state index is 0.0676. The third kappa shape index (κ3) is 3.39. The van der Waals surface area contributed by atoms with Crippen LogP contribution in [-0.2, 0) is 13.6 Å². The molecule has 1 N–H and O–H groups in total. The number of aromatic nitrogens is 2. The van der Waals surface area contributed by atoms with Crippen molar-refractivity contribution in [2.75, 3.05) is 13.1 Å². The highest BCUT2D eigenvalue weighted by Crippen LogP contribution is 2.41. The summed E-state index contributed by atoms with van der Waals surface area (Å²) in [7, 11) is 2.06. The number of carbonyl (C=O) groups excluding carboxylic acids is 1. The lowest BCUT2D eigenvalue weighted by molar-refractivity contribution is 0.0909. The van der Waals surface area contributed by atoms with Crippen molar-refractivity contribution in [1.29, 1.82) is 0 Å². The minimum atomic E-state index is 0.0676. The molecule has 1 saturated carbocycles. The Hall–Kier alpha value is -1.66. The number of hydrogen-bond donors (Lipinski definition) is 1. The fraction of sp³-hybridized carbons (Fsp3) is 0.556. The van der Waals surface area contributed by atoms with Gasteiger partial charge in [0.2, 0.25) is 0 Å². The van der Waals surface area contributed by atoms with E-state index in [1.165, 1.54) is 24.1 Å². The number of rotatable bonds is 5. The summed E-state index contributed by atoms with van der Waals surface area (Å²) in [5, 5.41) is 11.5. The van der Waals surface area contributed by atoms with Crippen LogP contribution in [0.15, 0.2) is 23.0 Å². The van der Waals surface area contributed by atoms with Crippen molar-refractivity contribution >= 4 is 17.2 Å². The van der Waals surface area contributed by atoms with Crippen molar-refractivity contribution in [1.82, 2.24) is 20.0 Å². The van der Waals surface area contributed by atoms with Crippen molar-refractivity contribution in [3.8, 4) is 0 Å². The molecule has 1 aliphatic heterocycles. The molecular weight excluding hydrogens is 320 g/mol. The molecule has 2 aromatic rings. The maximum absolute atomic E-state index is 12.1. The number of piperidine rings is 1. The summed E-state index contributed by atoms with van der Waals surface area (Å²) in [5.74, 6) is 0.799. The number of nitrogens with one attached hydrogen (secondary N) is 1. The molecule has 0 atom stereocenters. The number of amides is 1. The second kappa shape index (κ2) is 6.69. The van der Waals surface area contributed by atoms with Crippen molar-refractivity contribution in [2.45, 2.75) is 44.2 Å². The van der Waals surface area contributed by atoms with Crippen LogP contribution >= 0.6 is 11.3 Å². The number of likely N-dealkylation sites (tertiary alicyclic amines) is 1. The van der Waals surface area contributed by atoms with Gasteiger partial charge in [0.15, 0.2) is 0 Å². The van der Waals surface area contributed by atoms with Gasteiger partial charge in [-0.05, 0) is 37.1 Å². The number of nitrogens with zero attached hydrogens (tertiary/aromatic N) is 3. The van der Waals surface area contributed by atoms with Gasteiger partial charge in [0.25, 0.3) is 5.91 Å². The molecule has 0 aromatic carbocycles. The molecule has 1 saturated heterocycles. The van der Waals surface area contributed by atoms with Gasteiger partial charge in [-0.2, -0.15) is 16.4 Å². The second-order valence-electron chi connectivity index (χ2n) is 6.99. The van der Waals surface area contributed by atoms with E-state index >= 15 is 0 Å². The van der Waals surface area contributed by atoms with Crippen LogP contribution < -0.4 is 5.32 Å². The molecule has 128 valence electrons. The van der Waals surface area contributed by atoms with E-state index in [1.807, 2.05) is 23.0 Å². The Labute approximate surface area is 146 Å². The standard InChI is InChI=1S/C18H24N4OS/c1-21-17(13-2-3-13)15(10-19-21)11-22-7-4-16(5-8-22)20-18(23)14-6-9-24-12-14/h6,9-10,12-13,16H,2-5,7-8,11H2,1H3,(H,20,23). The Balaban J connectivity index is 1.30. The van der Waals surface area contributed by atoms with Crippen molar-refractivity contribution in [2.24, 2.45) is 7.05 Å². The molecule has 1 aliphatic carbocycles. The Morgan fingerprint density at radius 3 is 2.79 bits per heavy atom. The quantitative estimate of drug-likeness (QED) is 0.907. The molecule has 4 rings (SSSR count). The monoisotopic (exact) mass is 344 g/mol. The van der Waals surface area contributed by atoms with Crippen LogP contribution in [0.5, 0.6) is 0 Å². The lowest BCUT2D eigenvalue weighted by Crippen LogP contribution is -2.44. The normalized spacial score (nSPS) is 19.5. The van der Waals surface area contributed by atoms with E-state index in [-0.39, 0.29) is 5.91 Å². The predicted molar refractivity (Wildman–Crippen MR) is 95.3 cm³/mol. The molecule has 3 heterocycles. The first-order valence-electron chi connectivity index (χ1n) is 8.77. The molecule has 6 heteroatoms. The first-order chi connectivity index (χ1) is 11.7. The predicted octanol–water partition coefficient (Wildman–Crippen LogP) is 2.75. The van der Waals surface area contributed by atoms with E-state index in [2.05, 4.69) is 27.0 Å². The lowest BCUT2D eigenvalue weighted by atomic mass is 10.0. The van der Waals surface area contributed by atoms with Gasteiger partial charge in [-0.1, -0.05) is 0 Å². The smallest absolute Gasteiger partial charge is 0.252 e. The number of aryl methyl sites for hydroxylation is 1. The average Bonchev–Trinajstić information content (AvgIpc) is 3.12. The maximum Gasteiger partial charge on any atom is 0.252 e. The fourth-order valence-electron chi connectivity index (χ4n) is 3.64. The number of carbonyl (C=O) groups is 1. The molecule has 0 radical (unpaired) electrons. The Kier molecular flexibility index (Phi) is 4.41. The Morgan fingerprint density at radius 1 is 1.33 bits per heavy atom. The summed E-state index contributed by atoms with van der Waals surface area (Å²) in [6.07, 6.45) is 6.70. The second-order valence-corrected chi connectivity index (χ2v) is 7.77. The molecule has 1 amide bonds. The summed E-state index contributed by atoms with van der Waals surface area (Å²) in [6, 6.07) is 2.18. The van der Waals surface area contributed by atoms with E-state index in [1.54, 1.807) is 11.3 Å². The zero-order chi connectivity index (χ0) is 16.5. The van der Waals surface area contributed by atoms with E-state index in [9.17, 15) is 4.79 Å². The van der Waals surface area contributed by atoms with Gasteiger partial charge in [0.05, 0.1) is 6.20 Å². The largest absolute Gasteiger partial charge is 0.349 e. The molecule has 0 bridgehead atoms. The van der Waals surface area contributed by atoms with Crippen molar-refractivity contribution in [3.05, 3.63) is 39.8 Å². The highest BCUT2D eigenvalue weighted by molar-refractivity contribution is 7.08. The number of hydrogen-bond acceptors (Lipinski definition) is 4. The van der Waals surface area contributed by atoms with Crippen molar-refractivity contribution < 1.29 is 4.79 Å². The van der Waals surface area contributed by atoms with Crippen LogP contribution in [0.3, 0.4) is 0 Å². The first-order valence-corrected chi connectivity index (χ1v) is 9.71. The summed E-state index contributed by atoms with van der Waals surface area (Å²) < 4.78 is 2.06. The van der Waals surface area contributed by atoms with E-state index in [0.29, 0.717) is 6.04 Å². The highest BCUT2D eigenvalue weighted by Gasteiger charge is 2.30. The molecule has 0 spiro atoms. The summed E-state index contributed by atoms with van der Waals surface area (Å²) in [5.41, 5.74) is 3.61. The third-order valence-electron chi connectivity index (χ3n) is 5.13. The van der Waals surface area contributed by atoms with Crippen LogP contribution in [0.1, 0.15) is 53.2 Å². The van der Waals surface area contributed by atoms with Crippen LogP contribution in [0.25, 0.3) is 0 Å². The molecule has 0 unspecified atom stereocenters. The average molecular weight is 344 g/mol. The van der Waals surface area contributed by atoms with Gasteiger partial charge in [0.1, 0.15) is 0 Å². The Morgan fingerprint density at radius 2 is 2.12 bits per heavy atom. The van der Waals surface area contributed by atoms with Gasteiger partial charge < -0.3 is 5.32 Å². The molecule has 2 aliphatic rings. The van der Waals surface area contributed by atoms with Gasteiger partial charge in [-0.25, -0.2) is 0 Å². The van der Waals surface area contributed by atoms with E-state index < -0.39 is 0 Å². The Bertz CT molecular complexity index is 697. The minimum Gasteiger partial charge on any atom is -0.349 e. The first kappa shape index (κ1) is 15.8. The van der Waals surface area contributed by atoms with E-state index in [4.69, 9.17) is 0 Å². The van der Waals surface area contributed by atoms with Crippen LogP contribution in [0, 0.1) is 0 Å². The van der Waals surface area contributed by atoms with Gasteiger partial charge in [0, 0.05) is 60.8 Å². The zero-order valence-electron chi connectivity index (χ0n) is 14.1. The van der Waals surface area contributed by atoms with E-state index in [0.717, 1.165) is 44.0 Å².